The number of hydrogen-bond donors (Lipinski definition) is 2. The normalized spacial score (nSPS) is 31.7. The van der Waals surface area contributed by atoms with Crippen LogP contribution in [0.25, 0.3) is 0 Å². The average molecular weight is 276 g/mol. The molecule has 2 fully saturated rings. The highest BCUT2D eigenvalue weighted by atomic mass is 32.2. The van der Waals surface area contributed by atoms with Gasteiger partial charge in [0.15, 0.2) is 0 Å². The first-order valence-corrected chi connectivity index (χ1v) is 8.03. The number of nitrogens with two attached hydrogens (primary N) is 1. The van der Waals surface area contributed by atoms with E-state index in [1.54, 1.807) is 4.90 Å². The maximum Gasteiger partial charge on any atom is 0.222 e. The van der Waals surface area contributed by atoms with Crippen LogP contribution in [0.4, 0.5) is 0 Å². The number of carbonyl (C=O) groups excluding carboxylic acids is 1. The summed E-state index contributed by atoms with van der Waals surface area (Å²) in [4.78, 5) is 13.7. The van der Waals surface area contributed by atoms with Gasteiger partial charge in [0.2, 0.25) is 15.9 Å². The molecule has 0 aromatic heterocycles. The fourth-order valence-electron chi connectivity index (χ4n) is 3.05. The minimum absolute atomic E-state index is 0.00235. The lowest BCUT2D eigenvalue weighted by Crippen LogP contribution is -2.30. The van der Waals surface area contributed by atoms with Gasteiger partial charge in [0.05, 0.1) is 11.9 Å². The second kappa shape index (κ2) is 5.14. The van der Waals surface area contributed by atoms with Crippen LogP contribution in [0.1, 0.15) is 25.7 Å². The van der Waals surface area contributed by atoms with Crippen molar-refractivity contribution in [3.8, 4) is 0 Å². The molecule has 3 atom stereocenters. The van der Waals surface area contributed by atoms with Crippen LogP contribution in [0, 0.1) is 11.8 Å². The molecule has 18 heavy (non-hydrogen) atoms. The Balaban J connectivity index is 1.75. The standard InChI is InChI=1S/C11H20N2O4S/c12-18(16,17)3-1-2-11(15)13-6-8-4-10(14)5-9(8)7-13/h8-10,14H,1-7H2,(H2,12,16,17)/t8-,9+,10?. The largest absolute Gasteiger partial charge is 0.393 e. The summed E-state index contributed by atoms with van der Waals surface area (Å²) < 4.78 is 21.5. The number of amides is 1. The van der Waals surface area contributed by atoms with E-state index in [9.17, 15) is 18.3 Å². The Morgan fingerprint density at radius 1 is 1.28 bits per heavy atom. The van der Waals surface area contributed by atoms with Crippen molar-refractivity contribution < 1.29 is 18.3 Å². The monoisotopic (exact) mass is 276 g/mol. The highest BCUT2D eigenvalue weighted by molar-refractivity contribution is 7.89. The number of fused-ring (bicyclic) bond motifs is 1. The van der Waals surface area contributed by atoms with Gasteiger partial charge < -0.3 is 10.0 Å². The van der Waals surface area contributed by atoms with E-state index in [4.69, 9.17) is 5.14 Å². The minimum Gasteiger partial charge on any atom is -0.393 e. The van der Waals surface area contributed by atoms with Crippen LogP contribution >= 0.6 is 0 Å². The first-order valence-electron chi connectivity index (χ1n) is 6.31. The summed E-state index contributed by atoms with van der Waals surface area (Å²) in [5.41, 5.74) is 0. The van der Waals surface area contributed by atoms with E-state index >= 15 is 0 Å². The first-order chi connectivity index (χ1) is 8.35. The maximum absolute atomic E-state index is 11.9. The fraction of sp³-hybridized carbons (Fsp3) is 0.909. The molecule has 0 aromatic rings. The second-order valence-electron chi connectivity index (χ2n) is 5.41. The van der Waals surface area contributed by atoms with Crippen molar-refractivity contribution in [3.63, 3.8) is 0 Å². The lowest BCUT2D eigenvalue weighted by Gasteiger charge is -2.17. The molecular formula is C11H20N2O4S. The van der Waals surface area contributed by atoms with Crippen molar-refractivity contribution in [1.29, 1.82) is 0 Å². The Bertz CT molecular complexity index is 409. The molecule has 1 aliphatic heterocycles. The summed E-state index contributed by atoms with van der Waals surface area (Å²) >= 11 is 0. The fourth-order valence-corrected chi connectivity index (χ4v) is 3.60. The molecule has 1 aliphatic carbocycles. The molecule has 104 valence electrons. The number of aliphatic hydroxyl groups excluding tert-OH is 1. The SMILES string of the molecule is NS(=O)(=O)CCCC(=O)N1C[C@H]2CC(O)C[C@H]2C1. The molecule has 0 radical (unpaired) electrons. The summed E-state index contributed by atoms with van der Waals surface area (Å²) in [6.07, 6.45) is 1.88. The van der Waals surface area contributed by atoms with Crippen molar-refractivity contribution in [2.24, 2.45) is 17.0 Å². The van der Waals surface area contributed by atoms with Gasteiger partial charge in [-0.15, -0.1) is 0 Å². The minimum atomic E-state index is -3.47. The number of primary sulfonamides is 1. The van der Waals surface area contributed by atoms with Crippen LogP contribution in [0.15, 0.2) is 0 Å². The van der Waals surface area contributed by atoms with Gasteiger partial charge in [-0.2, -0.15) is 0 Å². The molecule has 3 N–H and O–H groups in total. The van der Waals surface area contributed by atoms with Gasteiger partial charge in [-0.1, -0.05) is 0 Å². The van der Waals surface area contributed by atoms with Crippen LogP contribution in [0.2, 0.25) is 0 Å². The third-order valence-corrected chi connectivity index (χ3v) is 4.76. The first kappa shape index (κ1) is 13.8. The lowest BCUT2D eigenvalue weighted by molar-refractivity contribution is -0.130. The molecule has 6 nitrogen and oxygen atoms in total. The highest BCUT2D eigenvalue weighted by Crippen LogP contribution is 2.38. The van der Waals surface area contributed by atoms with Gasteiger partial charge in [-0.05, 0) is 31.1 Å². The number of aliphatic hydroxyl groups is 1. The lowest BCUT2D eigenvalue weighted by atomic mass is 10.0. The molecule has 1 saturated carbocycles. The van der Waals surface area contributed by atoms with Crippen LogP contribution in [-0.2, 0) is 14.8 Å². The van der Waals surface area contributed by atoms with Crippen LogP contribution in [0.3, 0.4) is 0 Å². The molecular weight excluding hydrogens is 256 g/mol. The van der Waals surface area contributed by atoms with Gasteiger partial charge in [-0.25, -0.2) is 13.6 Å². The third kappa shape index (κ3) is 3.43. The zero-order chi connectivity index (χ0) is 13.3. The van der Waals surface area contributed by atoms with Gasteiger partial charge in [-0.3, -0.25) is 4.79 Å². The number of nitrogens with zero attached hydrogens (tertiary/aromatic N) is 1. The third-order valence-electron chi connectivity index (χ3n) is 3.90. The van der Waals surface area contributed by atoms with E-state index in [1.165, 1.54) is 0 Å². The zero-order valence-corrected chi connectivity index (χ0v) is 11.1. The maximum atomic E-state index is 11.9. The quantitative estimate of drug-likeness (QED) is 0.708. The number of hydrogen-bond acceptors (Lipinski definition) is 4. The molecule has 0 spiro atoms. The predicted octanol–water partition coefficient (Wildman–Crippen LogP) is -0.716. The van der Waals surface area contributed by atoms with Crippen molar-refractivity contribution in [2.75, 3.05) is 18.8 Å². The second-order valence-corrected chi connectivity index (χ2v) is 7.15. The smallest absolute Gasteiger partial charge is 0.222 e. The molecule has 1 saturated heterocycles. The molecule has 1 amide bonds. The van der Waals surface area contributed by atoms with Gasteiger partial charge >= 0.3 is 0 Å². The van der Waals surface area contributed by atoms with E-state index in [1.807, 2.05) is 0 Å². The Morgan fingerprint density at radius 2 is 1.83 bits per heavy atom. The van der Waals surface area contributed by atoms with Crippen LogP contribution in [0.5, 0.6) is 0 Å². The molecule has 7 heteroatoms. The van der Waals surface area contributed by atoms with Crippen molar-refractivity contribution in [3.05, 3.63) is 0 Å². The van der Waals surface area contributed by atoms with Gasteiger partial charge in [0.1, 0.15) is 0 Å². The van der Waals surface area contributed by atoms with Gasteiger partial charge in [0, 0.05) is 19.5 Å². The Labute approximate surface area is 107 Å². The molecule has 1 heterocycles. The molecule has 2 aliphatic rings. The van der Waals surface area contributed by atoms with E-state index in [0.717, 1.165) is 12.8 Å². The van der Waals surface area contributed by atoms with E-state index in [0.29, 0.717) is 24.9 Å². The Morgan fingerprint density at radius 3 is 2.33 bits per heavy atom. The Hall–Kier alpha value is -0.660. The van der Waals surface area contributed by atoms with Crippen molar-refractivity contribution in [1.82, 2.24) is 4.90 Å². The van der Waals surface area contributed by atoms with E-state index in [2.05, 4.69) is 0 Å². The van der Waals surface area contributed by atoms with Crippen LogP contribution in [-0.4, -0.2) is 49.3 Å². The van der Waals surface area contributed by atoms with E-state index < -0.39 is 10.0 Å². The predicted molar refractivity (Wildman–Crippen MR) is 66.0 cm³/mol. The number of sulfonamides is 1. The summed E-state index contributed by atoms with van der Waals surface area (Å²) in [5.74, 6) is 0.699. The van der Waals surface area contributed by atoms with E-state index in [-0.39, 0.29) is 30.6 Å². The summed E-state index contributed by atoms with van der Waals surface area (Å²) in [6, 6.07) is 0. The molecule has 1 unspecified atom stereocenters. The molecule has 0 bridgehead atoms. The van der Waals surface area contributed by atoms with Crippen molar-refractivity contribution >= 4 is 15.9 Å². The molecule has 2 rings (SSSR count). The summed E-state index contributed by atoms with van der Waals surface area (Å²) in [5, 5.41) is 14.4. The summed E-state index contributed by atoms with van der Waals surface area (Å²) in [6.45, 7) is 1.41. The van der Waals surface area contributed by atoms with Crippen LogP contribution < -0.4 is 5.14 Å². The average Bonchev–Trinajstić information content (AvgIpc) is 2.72. The zero-order valence-electron chi connectivity index (χ0n) is 10.3. The molecule has 0 aromatic carbocycles. The number of carbonyl (C=O) groups is 1. The Kier molecular flexibility index (Phi) is 3.93. The summed E-state index contributed by atoms with van der Waals surface area (Å²) in [7, 11) is -3.47. The number of rotatable bonds is 4. The number of likely N-dealkylation sites (tertiary alicyclic amines) is 1. The van der Waals surface area contributed by atoms with Crippen molar-refractivity contribution in [2.45, 2.75) is 31.8 Å². The highest BCUT2D eigenvalue weighted by Gasteiger charge is 2.41. The van der Waals surface area contributed by atoms with Gasteiger partial charge in [0.25, 0.3) is 0 Å². The topological polar surface area (TPSA) is 101 Å².